The fraction of sp³-hybridized carbons (Fsp3) is 0.429. The molecule has 106 valence electrons. The molecule has 2 aromatic rings. The summed E-state index contributed by atoms with van der Waals surface area (Å²) in [6.45, 7) is 1.63. The van der Waals surface area contributed by atoms with E-state index < -0.39 is 0 Å². The second-order valence-electron chi connectivity index (χ2n) is 4.51. The van der Waals surface area contributed by atoms with E-state index in [1.165, 1.54) is 0 Å². The number of rotatable bonds is 4. The van der Waals surface area contributed by atoms with Crippen LogP contribution in [0.25, 0.3) is 0 Å². The molecule has 0 aliphatic carbocycles. The number of ether oxygens (including phenoxy) is 3. The summed E-state index contributed by atoms with van der Waals surface area (Å²) in [5, 5.41) is 3.98. The molecule has 0 N–H and O–H groups in total. The van der Waals surface area contributed by atoms with Crippen LogP contribution >= 0.6 is 0 Å². The van der Waals surface area contributed by atoms with Gasteiger partial charge in [-0.15, -0.1) is 0 Å². The summed E-state index contributed by atoms with van der Waals surface area (Å²) in [6, 6.07) is 7.78. The Hall–Kier alpha value is -1.92. The molecule has 1 aliphatic rings. The molecule has 1 atom stereocenters. The van der Waals surface area contributed by atoms with Gasteiger partial charge in [-0.1, -0.05) is 17.3 Å². The van der Waals surface area contributed by atoms with Gasteiger partial charge in [-0.05, 0) is 17.7 Å². The molecule has 1 aliphatic heterocycles. The van der Waals surface area contributed by atoms with E-state index in [0.29, 0.717) is 38.0 Å². The van der Waals surface area contributed by atoms with E-state index in [0.717, 1.165) is 11.3 Å². The SMILES string of the molecule is COc1ccc(Cc2noc([C@H]3COCCO3)n2)cc1. The van der Waals surface area contributed by atoms with Gasteiger partial charge < -0.3 is 18.7 Å². The Morgan fingerprint density at radius 1 is 1.25 bits per heavy atom. The highest BCUT2D eigenvalue weighted by Gasteiger charge is 2.22. The number of hydrogen-bond acceptors (Lipinski definition) is 6. The topological polar surface area (TPSA) is 66.6 Å². The van der Waals surface area contributed by atoms with Crippen molar-refractivity contribution >= 4 is 0 Å². The normalized spacial score (nSPS) is 18.9. The summed E-state index contributed by atoms with van der Waals surface area (Å²) in [5.41, 5.74) is 1.10. The molecule has 1 fully saturated rings. The van der Waals surface area contributed by atoms with Crippen LogP contribution in [0.2, 0.25) is 0 Å². The molecular weight excluding hydrogens is 260 g/mol. The highest BCUT2D eigenvalue weighted by Crippen LogP contribution is 2.20. The van der Waals surface area contributed by atoms with E-state index in [-0.39, 0.29) is 6.10 Å². The lowest BCUT2D eigenvalue weighted by molar-refractivity contribution is -0.101. The molecule has 1 aromatic heterocycles. The summed E-state index contributed by atoms with van der Waals surface area (Å²) in [4.78, 5) is 4.36. The molecule has 1 aromatic carbocycles. The molecule has 0 bridgehead atoms. The molecule has 0 unspecified atom stereocenters. The van der Waals surface area contributed by atoms with Crippen LogP contribution in [-0.2, 0) is 15.9 Å². The first-order valence-corrected chi connectivity index (χ1v) is 6.50. The molecule has 0 saturated carbocycles. The van der Waals surface area contributed by atoms with Crippen molar-refractivity contribution in [2.45, 2.75) is 12.5 Å². The Kier molecular flexibility index (Phi) is 3.94. The monoisotopic (exact) mass is 276 g/mol. The van der Waals surface area contributed by atoms with Gasteiger partial charge in [0.15, 0.2) is 11.9 Å². The minimum atomic E-state index is -0.249. The summed E-state index contributed by atoms with van der Waals surface area (Å²) in [7, 11) is 1.65. The van der Waals surface area contributed by atoms with Gasteiger partial charge in [0.1, 0.15) is 5.75 Å². The van der Waals surface area contributed by atoms with Gasteiger partial charge in [0.05, 0.1) is 26.9 Å². The number of aromatic nitrogens is 2. The van der Waals surface area contributed by atoms with E-state index in [1.807, 2.05) is 24.3 Å². The van der Waals surface area contributed by atoms with E-state index in [9.17, 15) is 0 Å². The Balaban J connectivity index is 1.66. The lowest BCUT2D eigenvalue weighted by Crippen LogP contribution is -2.22. The molecule has 0 radical (unpaired) electrons. The lowest BCUT2D eigenvalue weighted by Gasteiger charge is -2.19. The first-order chi connectivity index (χ1) is 9.85. The van der Waals surface area contributed by atoms with Crippen molar-refractivity contribution in [3.05, 3.63) is 41.5 Å². The third kappa shape index (κ3) is 2.97. The summed E-state index contributed by atoms with van der Waals surface area (Å²) < 4.78 is 21.2. The molecule has 2 heterocycles. The fourth-order valence-corrected chi connectivity index (χ4v) is 2.03. The first kappa shape index (κ1) is 13.1. The first-order valence-electron chi connectivity index (χ1n) is 6.50. The zero-order valence-electron chi connectivity index (χ0n) is 11.2. The minimum absolute atomic E-state index is 0.249. The molecule has 0 spiro atoms. The van der Waals surface area contributed by atoms with Crippen molar-refractivity contribution in [3.63, 3.8) is 0 Å². The Labute approximate surface area is 116 Å². The predicted molar refractivity (Wildman–Crippen MR) is 69.6 cm³/mol. The number of methoxy groups -OCH3 is 1. The van der Waals surface area contributed by atoms with Gasteiger partial charge in [-0.2, -0.15) is 4.98 Å². The molecule has 6 heteroatoms. The van der Waals surface area contributed by atoms with Gasteiger partial charge >= 0.3 is 0 Å². The van der Waals surface area contributed by atoms with Crippen molar-refractivity contribution in [3.8, 4) is 5.75 Å². The van der Waals surface area contributed by atoms with Crippen molar-refractivity contribution in [1.29, 1.82) is 0 Å². The summed E-state index contributed by atoms with van der Waals surface area (Å²) >= 11 is 0. The smallest absolute Gasteiger partial charge is 0.258 e. The molecule has 6 nitrogen and oxygen atoms in total. The second kappa shape index (κ2) is 6.02. The van der Waals surface area contributed by atoms with Crippen LogP contribution in [0.15, 0.2) is 28.8 Å². The lowest BCUT2D eigenvalue weighted by atomic mass is 10.1. The second-order valence-corrected chi connectivity index (χ2v) is 4.51. The Morgan fingerprint density at radius 3 is 2.80 bits per heavy atom. The number of nitrogens with zero attached hydrogens (tertiary/aromatic N) is 2. The van der Waals surface area contributed by atoms with E-state index >= 15 is 0 Å². The van der Waals surface area contributed by atoms with Crippen molar-refractivity contribution in [1.82, 2.24) is 10.1 Å². The van der Waals surface area contributed by atoms with Crippen LogP contribution in [0.1, 0.15) is 23.4 Å². The van der Waals surface area contributed by atoms with Crippen LogP contribution in [-0.4, -0.2) is 37.1 Å². The third-order valence-electron chi connectivity index (χ3n) is 3.10. The number of benzene rings is 1. The van der Waals surface area contributed by atoms with Crippen molar-refractivity contribution in [2.24, 2.45) is 0 Å². The van der Waals surface area contributed by atoms with Crippen LogP contribution in [0.4, 0.5) is 0 Å². The van der Waals surface area contributed by atoms with Crippen LogP contribution in [0.3, 0.4) is 0 Å². The summed E-state index contributed by atoms with van der Waals surface area (Å²) in [6.07, 6.45) is 0.363. The Bertz CT molecular complexity index is 547. The largest absolute Gasteiger partial charge is 0.497 e. The van der Waals surface area contributed by atoms with Gasteiger partial charge in [-0.3, -0.25) is 0 Å². The van der Waals surface area contributed by atoms with Crippen LogP contribution in [0.5, 0.6) is 5.75 Å². The molecule has 20 heavy (non-hydrogen) atoms. The molecule has 3 rings (SSSR count). The van der Waals surface area contributed by atoms with E-state index in [2.05, 4.69) is 10.1 Å². The maximum atomic E-state index is 5.52. The van der Waals surface area contributed by atoms with Gasteiger partial charge in [0, 0.05) is 6.42 Å². The average molecular weight is 276 g/mol. The maximum Gasteiger partial charge on any atom is 0.258 e. The minimum Gasteiger partial charge on any atom is -0.497 e. The molecular formula is C14H16N2O4. The zero-order chi connectivity index (χ0) is 13.8. The quantitative estimate of drug-likeness (QED) is 0.847. The van der Waals surface area contributed by atoms with Gasteiger partial charge in [0.2, 0.25) is 0 Å². The average Bonchev–Trinajstić information content (AvgIpc) is 2.97. The molecule has 1 saturated heterocycles. The standard InChI is InChI=1S/C14H16N2O4/c1-17-11-4-2-10(3-5-11)8-13-15-14(20-16-13)12-9-18-6-7-19-12/h2-5,12H,6-9H2,1H3/t12-/m1/s1. The third-order valence-corrected chi connectivity index (χ3v) is 3.10. The van der Waals surface area contributed by atoms with Crippen molar-refractivity contribution in [2.75, 3.05) is 26.9 Å². The summed E-state index contributed by atoms with van der Waals surface area (Å²) in [5.74, 6) is 1.95. The highest BCUT2D eigenvalue weighted by molar-refractivity contribution is 5.28. The maximum absolute atomic E-state index is 5.52. The number of hydrogen-bond donors (Lipinski definition) is 0. The highest BCUT2D eigenvalue weighted by atomic mass is 16.6. The van der Waals surface area contributed by atoms with Crippen LogP contribution < -0.4 is 4.74 Å². The predicted octanol–water partition coefficient (Wildman–Crippen LogP) is 1.76. The van der Waals surface area contributed by atoms with Crippen LogP contribution in [0, 0.1) is 0 Å². The Morgan fingerprint density at radius 2 is 2.10 bits per heavy atom. The van der Waals surface area contributed by atoms with Crippen molar-refractivity contribution < 1.29 is 18.7 Å². The fourth-order valence-electron chi connectivity index (χ4n) is 2.03. The van der Waals surface area contributed by atoms with E-state index in [4.69, 9.17) is 18.7 Å². The zero-order valence-corrected chi connectivity index (χ0v) is 11.2. The van der Waals surface area contributed by atoms with E-state index in [1.54, 1.807) is 7.11 Å². The van der Waals surface area contributed by atoms with Gasteiger partial charge in [-0.25, -0.2) is 0 Å². The molecule has 0 amide bonds. The van der Waals surface area contributed by atoms with Gasteiger partial charge in [0.25, 0.3) is 5.89 Å².